The second-order valence-electron chi connectivity index (χ2n) is 4.60. The van der Waals surface area contributed by atoms with E-state index in [-0.39, 0.29) is 17.2 Å². The Kier molecular flexibility index (Phi) is 4.61. The minimum absolute atomic E-state index is 0.0103. The van der Waals surface area contributed by atoms with Gasteiger partial charge in [0, 0.05) is 12.1 Å². The van der Waals surface area contributed by atoms with Crippen LogP contribution in [0, 0.1) is 0 Å². The molecule has 0 atom stereocenters. The molecule has 0 fully saturated rings. The van der Waals surface area contributed by atoms with Gasteiger partial charge in [-0.3, -0.25) is 0 Å². The maximum Gasteiger partial charge on any atom is 0.243 e. The molecule has 0 aromatic heterocycles. The van der Waals surface area contributed by atoms with E-state index in [0.29, 0.717) is 5.02 Å². The van der Waals surface area contributed by atoms with Crippen LogP contribution in [-0.2, 0) is 14.8 Å². The van der Waals surface area contributed by atoms with Crippen LogP contribution in [0.5, 0.6) is 0 Å². The van der Waals surface area contributed by atoms with Gasteiger partial charge < -0.3 is 10.5 Å². The summed E-state index contributed by atoms with van der Waals surface area (Å²) in [5.74, 6) is 0. The van der Waals surface area contributed by atoms with E-state index >= 15 is 0 Å². The number of benzene rings is 1. The monoisotopic (exact) mass is 292 g/mol. The first-order valence-electron chi connectivity index (χ1n) is 5.26. The molecule has 7 heteroatoms. The van der Waals surface area contributed by atoms with Gasteiger partial charge in [0.1, 0.15) is 4.90 Å². The smallest absolute Gasteiger partial charge is 0.243 e. The normalized spacial score (nSPS) is 12.7. The average molecular weight is 293 g/mol. The molecule has 0 radical (unpaired) electrons. The molecule has 1 aromatic carbocycles. The SMILES string of the molecule is COCC(C)(C)NS(=O)(=O)c1ccc(Cl)cc1N. The molecule has 3 N–H and O–H groups in total. The molecule has 0 saturated heterocycles. The van der Waals surface area contributed by atoms with Crippen LogP contribution in [0.15, 0.2) is 23.1 Å². The zero-order valence-corrected chi connectivity index (χ0v) is 12.1. The number of nitrogens with one attached hydrogen (secondary N) is 1. The molecular formula is C11H17ClN2O3S. The highest BCUT2D eigenvalue weighted by atomic mass is 35.5. The van der Waals surface area contributed by atoms with Crippen LogP contribution < -0.4 is 10.5 Å². The summed E-state index contributed by atoms with van der Waals surface area (Å²) < 4.78 is 31.8. The van der Waals surface area contributed by atoms with Gasteiger partial charge in [-0.2, -0.15) is 0 Å². The molecule has 0 unspecified atom stereocenters. The van der Waals surface area contributed by atoms with Gasteiger partial charge in [0.05, 0.1) is 17.8 Å². The van der Waals surface area contributed by atoms with Gasteiger partial charge in [-0.25, -0.2) is 13.1 Å². The quantitative estimate of drug-likeness (QED) is 0.808. The molecule has 0 aliphatic carbocycles. The summed E-state index contributed by atoms with van der Waals surface area (Å²) in [5.41, 5.74) is 5.06. The highest BCUT2D eigenvalue weighted by Gasteiger charge is 2.27. The summed E-state index contributed by atoms with van der Waals surface area (Å²) in [6.07, 6.45) is 0. The van der Waals surface area contributed by atoms with E-state index in [1.54, 1.807) is 13.8 Å². The Morgan fingerprint density at radius 3 is 2.56 bits per heavy atom. The molecule has 0 amide bonds. The van der Waals surface area contributed by atoms with Crippen molar-refractivity contribution in [3.63, 3.8) is 0 Å². The first kappa shape index (κ1) is 15.2. The van der Waals surface area contributed by atoms with E-state index in [4.69, 9.17) is 22.1 Å². The number of halogens is 1. The third kappa shape index (κ3) is 3.84. The number of anilines is 1. The van der Waals surface area contributed by atoms with Crippen molar-refractivity contribution in [2.45, 2.75) is 24.3 Å². The Morgan fingerprint density at radius 2 is 2.06 bits per heavy atom. The minimum Gasteiger partial charge on any atom is -0.398 e. The van der Waals surface area contributed by atoms with Gasteiger partial charge in [0.15, 0.2) is 0 Å². The lowest BCUT2D eigenvalue weighted by molar-refractivity contribution is 0.141. The Balaban J connectivity index is 3.07. The molecular weight excluding hydrogens is 276 g/mol. The van der Waals surface area contributed by atoms with Crippen LogP contribution in [0.1, 0.15) is 13.8 Å². The summed E-state index contributed by atoms with van der Waals surface area (Å²) in [6, 6.07) is 4.26. The standard InChI is InChI=1S/C11H17ClN2O3S/c1-11(2,7-17-3)14-18(15,16)10-5-4-8(12)6-9(10)13/h4-6,14H,7,13H2,1-3H3. The van der Waals surface area contributed by atoms with Crippen molar-refractivity contribution in [3.05, 3.63) is 23.2 Å². The summed E-state index contributed by atoms with van der Waals surface area (Å²) in [7, 11) is -2.19. The van der Waals surface area contributed by atoms with Crippen molar-refractivity contribution in [3.8, 4) is 0 Å². The first-order valence-corrected chi connectivity index (χ1v) is 7.12. The largest absolute Gasteiger partial charge is 0.398 e. The minimum atomic E-state index is -3.70. The lowest BCUT2D eigenvalue weighted by Crippen LogP contribution is -2.46. The van der Waals surface area contributed by atoms with E-state index in [1.807, 2.05) is 0 Å². The maximum absolute atomic E-state index is 12.2. The fraction of sp³-hybridized carbons (Fsp3) is 0.455. The third-order valence-corrected chi connectivity index (χ3v) is 4.18. The number of nitrogens with two attached hydrogens (primary N) is 1. The fourth-order valence-electron chi connectivity index (χ4n) is 1.57. The zero-order chi connectivity index (χ0) is 14.0. The fourth-order valence-corrected chi connectivity index (χ4v) is 3.27. The van der Waals surface area contributed by atoms with E-state index in [2.05, 4.69) is 4.72 Å². The number of ether oxygens (including phenoxy) is 1. The van der Waals surface area contributed by atoms with E-state index in [0.717, 1.165) is 0 Å². The van der Waals surface area contributed by atoms with Gasteiger partial charge in [-0.05, 0) is 32.0 Å². The number of hydrogen-bond acceptors (Lipinski definition) is 4. The number of sulfonamides is 1. The molecule has 0 aliphatic heterocycles. The van der Waals surface area contributed by atoms with Gasteiger partial charge in [0.2, 0.25) is 10.0 Å². The number of hydrogen-bond donors (Lipinski definition) is 2. The topological polar surface area (TPSA) is 81.4 Å². The van der Waals surface area contributed by atoms with Gasteiger partial charge in [-0.1, -0.05) is 11.6 Å². The molecule has 1 rings (SSSR count). The Hall–Kier alpha value is -0.820. The van der Waals surface area contributed by atoms with Gasteiger partial charge in [-0.15, -0.1) is 0 Å². The van der Waals surface area contributed by atoms with E-state index in [9.17, 15) is 8.42 Å². The predicted molar refractivity (Wildman–Crippen MR) is 72.1 cm³/mol. The van der Waals surface area contributed by atoms with Crippen molar-refractivity contribution in [2.24, 2.45) is 0 Å². The lowest BCUT2D eigenvalue weighted by Gasteiger charge is -2.25. The lowest BCUT2D eigenvalue weighted by atomic mass is 10.1. The number of nitrogen functional groups attached to an aromatic ring is 1. The highest BCUT2D eigenvalue weighted by molar-refractivity contribution is 7.89. The molecule has 1 aromatic rings. The Labute approximate surface area is 112 Å². The maximum atomic E-state index is 12.2. The van der Waals surface area contributed by atoms with Crippen molar-refractivity contribution in [2.75, 3.05) is 19.5 Å². The van der Waals surface area contributed by atoms with Gasteiger partial charge >= 0.3 is 0 Å². The van der Waals surface area contributed by atoms with Gasteiger partial charge in [0.25, 0.3) is 0 Å². The predicted octanol–water partition coefficient (Wildman–Crippen LogP) is 1.63. The van der Waals surface area contributed by atoms with Crippen LogP contribution >= 0.6 is 11.6 Å². The molecule has 0 saturated carbocycles. The van der Waals surface area contributed by atoms with Crippen LogP contribution in [0.4, 0.5) is 5.69 Å². The highest BCUT2D eigenvalue weighted by Crippen LogP contribution is 2.23. The number of rotatable bonds is 5. The van der Waals surface area contributed by atoms with Crippen molar-refractivity contribution in [1.82, 2.24) is 4.72 Å². The van der Waals surface area contributed by atoms with Crippen molar-refractivity contribution in [1.29, 1.82) is 0 Å². The van der Waals surface area contributed by atoms with E-state index in [1.165, 1.54) is 25.3 Å². The summed E-state index contributed by atoms with van der Waals surface area (Å²) in [5, 5.41) is 0.391. The number of methoxy groups -OCH3 is 1. The van der Waals surface area contributed by atoms with Crippen LogP contribution in [0.25, 0.3) is 0 Å². The second kappa shape index (κ2) is 5.44. The van der Waals surface area contributed by atoms with Crippen LogP contribution in [0.2, 0.25) is 5.02 Å². The third-order valence-electron chi connectivity index (χ3n) is 2.18. The summed E-state index contributed by atoms with van der Waals surface area (Å²) in [6.45, 7) is 3.69. The molecule has 0 spiro atoms. The Morgan fingerprint density at radius 1 is 1.44 bits per heavy atom. The molecule has 0 heterocycles. The molecule has 0 aliphatic rings. The van der Waals surface area contributed by atoms with Crippen molar-refractivity contribution < 1.29 is 13.2 Å². The van der Waals surface area contributed by atoms with Crippen LogP contribution in [-0.4, -0.2) is 27.7 Å². The average Bonchev–Trinajstić information content (AvgIpc) is 2.14. The Bertz CT molecular complexity index is 529. The van der Waals surface area contributed by atoms with Crippen molar-refractivity contribution >= 4 is 27.3 Å². The molecule has 18 heavy (non-hydrogen) atoms. The molecule has 5 nitrogen and oxygen atoms in total. The zero-order valence-electron chi connectivity index (χ0n) is 10.5. The van der Waals surface area contributed by atoms with Crippen LogP contribution in [0.3, 0.4) is 0 Å². The summed E-state index contributed by atoms with van der Waals surface area (Å²) in [4.78, 5) is 0.0103. The first-order chi connectivity index (χ1) is 8.18. The molecule has 0 bridgehead atoms. The molecule has 102 valence electrons. The summed E-state index contributed by atoms with van der Waals surface area (Å²) >= 11 is 5.73. The second-order valence-corrected chi connectivity index (χ2v) is 6.69. The van der Waals surface area contributed by atoms with E-state index < -0.39 is 15.6 Å².